The van der Waals surface area contributed by atoms with E-state index in [0.29, 0.717) is 24.9 Å². The molecule has 1 aromatic carbocycles. The number of nitriles is 1. The summed E-state index contributed by atoms with van der Waals surface area (Å²) in [7, 11) is 0. The second kappa shape index (κ2) is 5.53. The summed E-state index contributed by atoms with van der Waals surface area (Å²) in [6.07, 6.45) is 1.43. The molecule has 0 saturated heterocycles. The minimum Gasteiger partial charge on any atom is -0.388 e. The lowest BCUT2D eigenvalue weighted by molar-refractivity contribution is 0.0457. The summed E-state index contributed by atoms with van der Waals surface area (Å²) in [4.78, 5) is 0. The summed E-state index contributed by atoms with van der Waals surface area (Å²) in [6.45, 7) is 4.45. The highest BCUT2D eigenvalue weighted by Gasteiger charge is 2.21. The Hall–Kier alpha value is -1.53. The van der Waals surface area contributed by atoms with Crippen LogP contribution in [0.4, 0.5) is 5.69 Å². The molecule has 0 saturated carbocycles. The van der Waals surface area contributed by atoms with Crippen molar-refractivity contribution in [2.45, 2.75) is 32.3 Å². The van der Waals surface area contributed by atoms with Crippen molar-refractivity contribution in [3.63, 3.8) is 0 Å². The largest absolute Gasteiger partial charge is 0.388 e. The molecule has 3 heteroatoms. The molecule has 0 radical (unpaired) electrons. The fourth-order valence-electron chi connectivity index (χ4n) is 1.47. The van der Waals surface area contributed by atoms with Crippen LogP contribution in [0.2, 0.25) is 0 Å². The molecule has 0 unspecified atom stereocenters. The number of rotatable bonds is 5. The van der Waals surface area contributed by atoms with Crippen molar-refractivity contribution in [1.82, 2.24) is 0 Å². The molecule has 0 bridgehead atoms. The fraction of sp³-hybridized carbons (Fsp3) is 0.462. The first kappa shape index (κ1) is 12.5. The van der Waals surface area contributed by atoms with Crippen molar-refractivity contribution in [3.8, 4) is 6.07 Å². The Morgan fingerprint density at radius 3 is 2.62 bits per heavy atom. The highest BCUT2D eigenvalue weighted by molar-refractivity contribution is 5.49. The van der Waals surface area contributed by atoms with Crippen molar-refractivity contribution >= 4 is 5.69 Å². The Kier molecular flexibility index (Phi) is 4.33. The molecule has 0 aliphatic carbocycles. The Balaban J connectivity index is 2.64. The standard InChI is InChI=1S/C13H18N2O/c1-3-13(16,4-2)10-15-12-7-5-6-11(8-12)9-14/h5-8,15-16H,3-4,10H2,1-2H3. The summed E-state index contributed by atoms with van der Waals surface area (Å²) >= 11 is 0. The number of anilines is 1. The molecule has 2 N–H and O–H groups in total. The van der Waals surface area contributed by atoms with Gasteiger partial charge in [-0.25, -0.2) is 0 Å². The predicted octanol–water partition coefficient (Wildman–Crippen LogP) is 2.52. The SMILES string of the molecule is CCC(O)(CC)CNc1cccc(C#N)c1. The normalized spacial score (nSPS) is 10.9. The van der Waals surface area contributed by atoms with Crippen molar-refractivity contribution < 1.29 is 5.11 Å². The van der Waals surface area contributed by atoms with Gasteiger partial charge in [0.15, 0.2) is 0 Å². The van der Waals surface area contributed by atoms with Crippen molar-refractivity contribution in [1.29, 1.82) is 5.26 Å². The Labute approximate surface area is 96.7 Å². The average molecular weight is 218 g/mol. The van der Waals surface area contributed by atoms with Crippen LogP contribution in [0.15, 0.2) is 24.3 Å². The lowest BCUT2D eigenvalue weighted by Gasteiger charge is -2.25. The van der Waals surface area contributed by atoms with Gasteiger partial charge in [0, 0.05) is 12.2 Å². The van der Waals surface area contributed by atoms with E-state index in [1.165, 1.54) is 0 Å². The smallest absolute Gasteiger partial charge is 0.0992 e. The van der Waals surface area contributed by atoms with Crippen LogP contribution in [-0.2, 0) is 0 Å². The number of benzene rings is 1. The van der Waals surface area contributed by atoms with Crippen LogP contribution >= 0.6 is 0 Å². The minimum absolute atomic E-state index is 0.509. The fourth-order valence-corrected chi connectivity index (χ4v) is 1.47. The molecule has 0 spiro atoms. The van der Waals surface area contributed by atoms with E-state index in [9.17, 15) is 5.11 Å². The topological polar surface area (TPSA) is 56.0 Å². The van der Waals surface area contributed by atoms with E-state index in [0.717, 1.165) is 5.69 Å². The van der Waals surface area contributed by atoms with Gasteiger partial charge in [-0.05, 0) is 31.0 Å². The molecule has 1 aromatic rings. The predicted molar refractivity (Wildman–Crippen MR) is 65.2 cm³/mol. The van der Waals surface area contributed by atoms with E-state index in [1.807, 2.05) is 26.0 Å². The van der Waals surface area contributed by atoms with E-state index in [2.05, 4.69) is 11.4 Å². The van der Waals surface area contributed by atoms with Crippen LogP contribution in [-0.4, -0.2) is 17.3 Å². The molecule has 0 aromatic heterocycles. The van der Waals surface area contributed by atoms with E-state index >= 15 is 0 Å². The maximum absolute atomic E-state index is 10.1. The third-order valence-corrected chi connectivity index (χ3v) is 2.93. The molecule has 16 heavy (non-hydrogen) atoms. The number of hydrogen-bond donors (Lipinski definition) is 2. The number of nitrogens with zero attached hydrogens (tertiary/aromatic N) is 1. The number of hydrogen-bond acceptors (Lipinski definition) is 3. The second-order valence-electron chi connectivity index (χ2n) is 3.98. The van der Waals surface area contributed by atoms with Crippen LogP contribution in [0.1, 0.15) is 32.3 Å². The van der Waals surface area contributed by atoms with Crippen LogP contribution < -0.4 is 5.32 Å². The quantitative estimate of drug-likeness (QED) is 0.798. The van der Waals surface area contributed by atoms with E-state index < -0.39 is 5.60 Å². The summed E-state index contributed by atoms with van der Waals surface area (Å²) in [5, 5.41) is 22.0. The zero-order valence-corrected chi connectivity index (χ0v) is 9.83. The van der Waals surface area contributed by atoms with Gasteiger partial charge >= 0.3 is 0 Å². The minimum atomic E-state index is -0.664. The first-order valence-corrected chi connectivity index (χ1v) is 5.60. The lowest BCUT2D eigenvalue weighted by atomic mass is 9.97. The molecule has 86 valence electrons. The van der Waals surface area contributed by atoms with Gasteiger partial charge < -0.3 is 10.4 Å². The highest BCUT2D eigenvalue weighted by Crippen LogP contribution is 2.17. The van der Waals surface area contributed by atoms with Gasteiger partial charge in [-0.15, -0.1) is 0 Å². The molecule has 1 rings (SSSR count). The van der Waals surface area contributed by atoms with Gasteiger partial charge in [0.1, 0.15) is 0 Å². The van der Waals surface area contributed by atoms with Crippen LogP contribution in [0.5, 0.6) is 0 Å². The van der Waals surface area contributed by atoms with Crippen LogP contribution in [0.25, 0.3) is 0 Å². The average Bonchev–Trinajstić information content (AvgIpc) is 2.36. The zero-order valence-electron chi connectivity index (χ0n) is 9.83. The molecule has 0 amide bonds. The molecule has 0 aliphatic heterocycles. The maximum atomic E-state index is 10.1. The van der Waals surface area contributed by atoms with Gasteiger partial charge in [-0.3, -0.25) is 0 Å². The van der Waals surface area contributed by atoms with Gasteiger partial charge in [0.2, 0.25) is 0 Å². The highest BCUT2D eigenvalue weighted by atomic mass is 16.3. The van der Waals surface area contributed by atoms with E-state index in [-0.39, 0.29) is 0 Å². The lowest BCUT2D eigenvalue weighted by Crippen LogP contribution is -2.35. The summed E-state index contributed by atoms with van der Waals surface area (Å²) in [5.74, 6) is 0. The van der Waals surface area contributed by atoms with Crippen molar-refractivity contribution in [2.24, 2.45) is 0 Å². The van der Waals surface area contributed by atoms with E-state index in [4.69, 9.17) is 5.26 Å². The Bertz CT molecular complexity index is 378. The molecule has 0 aliphatic rings. The maximum Gasteiger partial charge on any atom is 0.0992 e. The molecule has 3 nitrogen and oxygen atoms in total. The van der Waals surface area contributed by atoms with Crippen LogP contribution in [0, 0.1) is 11.3 Å². The number of aliphatic hydroxyl groups is 1. The van der Waals surface area contributed by atoms with Gasteiger partial charge in [-0.2, -0.15) is 5.26 Å². The van der Waals surface area contributed by atoms with Gasteiger partial charge in [0.05, 0.1) is 17.2 Å². The summed E-state index contributed by atoms with van der Waals surface area (Å²) in [6, 6.07) is 9.36. The summed E-state index contributed by atoms with van der Waals surface area (Å²) in [5.41, 5.74) is 0.837. The Morgan fingerprint density at radius 1 is 1.38 bits per heavy atom. The molecule has 0 fully saturated rings. The third-order valence-electron chi connectivity index (χ3n) is 2.93. The molecular formula is C13H18N2O. The summed E-state index contributed by atoms with van der Waals surface area (Å²) < 4.78 is 0. The molecule has 0 atom stereocenters. The first-order chi connectivity index (χ1) is 7.63. The number of nitrogens with one attached hydrogen (secondary N) is 1. The first-order valence-electron chi connectivity index (χ1n) is 5.60. The van der Waals surface area contributed by atoms with Crippen LogP contribution in [0.3, 0.4) is 0 Å². The molecule has 0 heterocycles. The van der Waals surface area contributed by atoms with Gasteiger partial charge in [-0.1, -0.05) is 19.9 Å². The Morgan fingerprint density at radius 2 is 2.06 bits per heavy atom. The zero-order chi connectivity index (χ0) is 12.0. The van der Waals surface area contributed by atoms with E-state index in [1.54, 1.807) is 12.1 Å². The van der Waals surface area contributed by atoms with Crippen molar-refractivity contribution in [3.05, 3.63) is 29.8 Å². The monoisotopic (exact) mass is 218 g/mol. The third kappa shape index (κ3) is 3.25. The van der Waals surface area contributed by atoms with Gasteiger partial charge in [0.25, 0.3) is 0 Å². The van der Waals surface area contributed by atoms with Crippen molar-refractivity contribution in [2.75, 3.05) is 11.9 Å². The second-order valence-corrected chi connectivity index (χ2v) is 3.98. The molecular weight excluding hydrogens is 200 g/mol.